The van der Waals surface area contributed by atoms with Gasteiger partial charge in [-0.05, 0) is 12.1 Å². The molecule has 0 bridgehead atoms. The summed E-state index contributed by atoms with van der Waals surface area (Å²) in [6, 6.07) is 7.13. The molecule has 0 saturated heterocycles. The Bertz CT molecular complexity index is 376. The Morgan fingerprint density at radius 1 is 1.38 bits per heavy atom. The van der Waals surface area contributed by atoms with Crippen molar-refractivity contribution >= 4 is 28.9 Å². The van der Waals surface area contributed by atoms with Crippen molar-refractivity contribution in [3.05, 3.63) is 29.8 Å². The highest BCUT2D eigenvalue weighted by Gasteiger charge is 2.17. The lowest BCUT2D eigenvalue weighted by atomic mass is 10.2. The molecule has 66 valence electrons. The van der Waals surface area contributed by atoms with Crippen LogP contribution in [0.4, 0.5) is 5.69 Å². The molecule has 0 spiro atoms. The smallest absolute Gasteiger partial charge is 0.340 e. The maximum atomic E-state index is 11.3. The maximum Gasteiger partial charge on any atom is 0.340 e. The molecule has 0 amide bonds. The van der Waals surface area contributed by atoms with E-state index in [2.05, 4.69) is 5.32 Å². The summed E-state index contributed by atoms with van der Waals surface area (Å²) in [6.07, 6.45) is 0. The summed E-state index contributed by atoms with van der Waals surface area (Å²) in [5.74, 6) is -0.331. The number of rotatable bonds is 0. The predicted octanol–water partition coefficient (Wildman–Crippen LogP) is 1.60. The second-order valence-electron chi connectivity index (χ2n) is 2.67. The Hall–Kier alpha value is -1.42. The lowest BCUT2D eigenvalue weighted by Crippen LogP contribution is -2.13. The minimum absolute atomic E-state index is 0.156. The largest absolute Gasteiger partial charge is 0.455 e. The number of thiocarbonyl (C=S) groups is 1. The summed E-state index contributed by atoms with van der Waals surface area (Å²) in [5, 5.41) is 2.94. The molecule has 0 aromatic heterocycles. The van der Waals surface area contributed by atoms with Crippen molar-refractivity contribution in [2.45, 2.75) is 0 Å². The third kappa shape index (κ3) is 1.53. The van der Waals surface area contributed by atoms with Crippen LogP contribution in [0.1, 0.15) is 10.4 Å². The van der Waals surface area contributed by atoms with Crippen molar-refractivity contribution in [3.63, 3.8) is 0 Å². The van der Waals surface area contributed by atoms with Crippen molar-refractivity contribution in [1.82, 2.24) is 0 Å². The fourth-order valence-corrected chi connectivity index (χ4v) is 1.33. The zero-order chi connectivity index (χ0) is 9.26. The van der Waals surface area contributed by atoms with E-state index in [0.29, 0.717) is 10.6 Å². The number of carbonyl (C=O) groups is 1. The van der Waals surface area contributed by atoms with Gasteiger partial charge < -0.3 is 10.1 Å². The Balaban J connectivity index is 2.49. The van der Waals surface area contributed by atoms with Crippen LogP contribution in [0.25, 0.3) is 0 Å². The highest BCUT2D eigenvalue weighted by Crippen LogP contribution is 2.18. The van der Waals surface area contributed by atoms with Crippen molar-refractivity contribution in [3.8, 4) is 0 Å². The standard InChI is InChI=1S/C9H7NO2S/c11-9-6-3-1-2-4-7(6)10-8(13)5-12-9/h1-4H,5H2,(H,10,13). The van der Waals surface area contributed by atoms with E-state index in [1.54, 1.807) is 18.2 Å². The number of cyclic esters (lactones) is 1. The van der Waals surface area contributed by atoms with E-state index >= 15 is 0 Å². The zero-order valence-electron chi connectivity index (χ0n) is 6.74. The minimum Gasteiger partial charge on any atom is -0.455 e. The molecule has 4 heteroatoms. The number of nitrogens with one attached hydrogen (secondary N) is 1. The van der Waals surface area contributed by atoms with Gasteiger partial charge in [0.05, 0.1) is 11.3 Å². The fourth-order valence-electron chi connectivity index (χ4n) is 1.17. The third-order valence-corrected chi connectivity index (χ3v) is 1.98. The Morgan fingerprint density at radius 2 is 2.15 bits per heavy atom. The Kier molecular flexibility index (Phi) is 1.98. The molecule has 0 unspecified atom stereocenters. The van der Waals surface area contributed by atoms with Crippen LogP contribution in [0.15, 0.2) is 24.3 Å². The summed E-state index contributed by atoms with van der Waals surface area (Å²) < 4.78 is 4.90. The van der Waals surface area contributed by atoms with Gasteiger partial charge in [-0.1, -0.05) is 24.4 Å². The van der Waals surface area contributed by atoms with E-state index in [-0.39, 0.29) is 12.6 Å². The van der Waals surface area contributed by atoms with Gasteiger partial charge in [0.2, 0.25) is 0 Å². The van der Waals surface area contributed by atoms with Crippen LogP contribution >= 0.6 is 12.2 Å². The number of anilines is 1. The molecule has 1 N–H and O–H groups in total. The first-order valence-electron chi connectivity index (χ1n) is 3.83. The molecule has 1 aromatic carbocycles. The highest BCUT2D eigenvalue weighted by atomic mass is 32.1. The number of esters is 1. The molecule has 2 rings (SSSR count). The van der Waals surface area contributed by atoms with Gasteiger partial charge in [-0.2, -0.15) is 0 Å². The van der Waals surface area contributed by atoms with Gasteiger partial charge in [0.25, 0.3) is 0 Å². The normalized spacial score (nSPS) is 15.4. The molecule has 1 aromatic rings. The van der Waals surface area contributed by atoms with E-state index in [0.717, 1.165) is 5.69 Å². The summed E-state index contributed by atoms with van der Waals surface area (Å²) in [4.78, 5) is 11.9. The van der Waals surface area contributed by atoms with Crippen LogP contribution in [0.2, 0.25) is 0 Å². The van der Waals surface area contributed by atoms with Gasteiger partial charge in [0, 0.05) is 0 Å². The van der Waals surface area contributed by atoms with Crippen LogP contribution in [0.5, 0.6) is 0 Å². The molecule has 0 atom stereocenters. The molecule has 0 radical (unpaired) electrons. The Morgan fingerprint density at radius 3 is 3.00 bits per heavy atom. The van der Waals surface area contributed by atoms with Crippen LogP contribution in [-0.4, -0.2) is 17.6 Å². The van der Waals surface area contributed by atoms with Crippen molar-refractivity contribution < 1.29 is 9.53 Å². The monoisotopic (exact) mass is 193 g/mol. The number of hydrogen-bond donors (Lipinski definition) is 1. The summed E-state index contributed by atoms with van der Waals surface area (Å²) in [6.45, 7) is 0.156. The van der Waals surface area contributed by atoms with Crippen molar-refractivity contribution in [1.29, 1.82) is 0 Å². The van der Waals surface area contributed by atoms with Gasteiger partial charge in [-0.25, -0.2) is 4.79 Å². The number of fused-ring (bicyclic) bond motifs is 1. The van der Waals surface area contributed by atoms with Crippen molar-refractivity contribution in [2.24, 2.45) is 0 Å². The number of para-hydroxylation sites is 1. The van der Waals surface area contributed by atoms with Crippen molar-refractivity contribution in [2.75, 3.05) is 11.9 Å². The van der Waals surface area contributed by atoms with Crippen LogP contribution in [-0.2, 0) is 4.74 Å². The minimum atomic E-state index is -0.331. The van der Waals surface area contributed by atoms with E-state index in [1.807, 2.05) is 6.07 Å². The fraction of sp³-hybridized carbons (Fsp3) is 0.111. The zero-order valence-corrected chi connectivity index (χ0v) is 7.56. The first-order valence-corrected chi connectivity index (χ1v) is 4.24. The molecule has 0 fully saturated rings. The van der Waals surface area contributed by atoms with E-state index < -0.39 is 0 Å². The first-order chi connectivity index (χ1) is 6.27. The number of benzene rings is 1. The first kappa shape index (κ1) is 8.19. The van der Waals surface area contributed by atoms with Gasteiger partial charge in [0.15, 0.2) is 0 Å². The number of ether oxygens (including phenoxy) is 1. The van der Waals surface area contributed by atoms with Gasteiger partial charge in [-0.15, -0.1) is 0 Å². The molecule has 13 heavy (non-hydrogen) atoms. The van der Waals surface area contributed by atoms with Gasteiger partial charge in [-0.3, -0.25) is 0 Å². The molecule has 1 heterocycles. The molecule has 1 aliphatic rings. The van der Waals surface area contributed by atoms with Crippen LogP contribution in [0, 0.1) is 0 Å². The van der Waals surface area contributed by atoms with Gasteiger partial charge >= 0.3 is 5.97 Å². The molecular formula is C9H7NO2S. The SMILES string of the molecule is O=C1OCC(=S)Nc2ccccc21. The lowest BCUT2D eigenvalue weighted by molar-refractivity contribution is 0.0570. The molecular weight excluding hydrogens is 186 g/mol. The quantitative estimate of drug-likeness (QED) is 0.501. The molecule has 0 aliphatic carbocycles. The number of carbonyl (C=O) groups excluding carboxylic acids is 1. The molecule has 1 aliphatic heterocycles. The second kappa shape index (κ2) is 3.14. The van der Waals surface area contributed by atoms with Crippen LogP contribution in [0.3, 0.4) is 0 Å². The average molecular weight is 193 g/mol. The van der Waals surface area contributed by atoms with E-state index in [1.165, 1.54) is 0 Å². The topological polar surface area (TPSA) is 38.3 Å². The van der Waals surface area contributed by atoms with Gasteiger partial charge in [0.1, 0.15) is 11.6 Å². The van der Waals surface area contributed by atoms with Crippen LogP contribution < -0.4 is 5.32 Å². The maximum absolute atomic E-state index is 11.3. The number of hydrogen-bond acceptors (Lipinski definition) is 3. The van der Waals surface area contributed by atoms with E-state index in [4.69, 9.17) is 17.0 Å². The summed E-state index contributed by atoms with van der Waals surface area (Å²) in [5.41, 5.74) is 1.25. The predicted molar refractivity (Wildman–Crippen MR) is 52.9 cm³/mol. The van der Waals surface area contributed by atoms with E-state index in [9.17, 15) is 4.79 Å². The highest BCUT2D eigenvalue weighted by molar-refractivity contribution is 7.80. The summed E-state index contributed by atoms with van der Waals surface area (Å²) in [7, 11) is 0. The Labute approximate surface area is 80.7 Å². The third-order valence-electron chi connectivity index (χ3n) is 1.76. The molecule has 0 saturated carbocycles. The lowest BCUT2D eigenvalue weighted by Gasteiger charge is -2.02. The molecule has 3 nitrogen and oxygen atoms in total. The summed E-state index contributed by atoms with van der Waals surface area (Å²) >= 11 is 4.93. The second-order valence-corrected chi connectivity index (χ2v) is 3.16. The average Bonchev–Trinajstić information content (AvgIpc) is 2.27.